The van der Waals surface area contributed by atoms with Crippen molar-refractivity contribution >= 4 is 11.6 Å². The Balaban J connectivity index is 2.29. The quantitative estimate of drug-likeness (QED) is 0.873. The van der Waals surface area contributed by atoms with Gasteiger partial charge < -0.3 is 10.2 Å². The number of halogens is 3. The van der Waals surface area contributed by atoms with Gasteiger partial charge in [-0.3, -0.25) is 0 Å². The van der Waals surface area contributed by atoms with Gasteiger partial charge >= 0.3 is 6.18 Å². The average molecular weight is 288 g/mol. The van der Waals surface area contributed by atoms with Crippen molar-refractivity contribution in [1.82, 2.24) is 9.97 Å². The van der Waals surface area contributed by atoms with Crippen LogP contribution in [0.2, 0.25) is 0 Å². The number of nitrogens with zero attached hydrogens (tertiary/aromatic N) is 3. The van der Waals surface area contributed by atoms with Crippen molar-refractivity contribution in [2.45, 2.75) is 44.8 Å². The molecule has 2 rings (SSSR count). The minimum atomic E-state index is -4.22. The third kappa shape index (κ3) is 3.98. The molecule has 1 N–H and O–H groups in total. The molecule has 0 amide bonds. The molecule has 1 aromatic heterocycles. The van der Waals surface area contributed by atoms with Crippen LogP contribution in [0, 0.1) is 0 Å². The molecule has 1 heterocycles. The molecule has 112 valence electrons. The minimum absolute atomic E-state index is 0.0503. The minimum Gasteiger partial charge on any atom is -0.373 e. The lowest BCUT2D eigenvalue weighted by Gasteiger charge is -2.25. The van der Waals surface area contributed by atoms with E-state index in [2.05, 4.69) is 15.3 Å². The molecule has 20 heavy (non-hydrogen) atoms. The molecule has 0 aromatic carbocycles. The summed E-state index contributed by atoms with van der Waals surface area (Å²) in [5.74, 6) is 1.51. The fraction of sp³-hybridized carbons (Fsp3) is 0.692. The van der Waals surface area contributed by atoms with E-state index >= 15 is 0 Å². The highest BCUT2D eigenvalue weighted by Crippen LogP contribution is 2.34. The van der Waals surface area contributed by atoms with Crippen molar-refractivity contribution in [1.29, 1.82) is 0 Å². The highest BCUT2D eigenvalue weighted by atomic mass is 19.4. The zero-order valence-electron chi connectivity index (χ0n) is 11.7. The fourth-order valence-electron chi connectivity index (χ4n) is 2.07. The van der Waals surface area contributed by atoms with E-state index in [4.69, 9.17) is 0 Å². The van der Waals surface area contributed by atoms with Crippen LogP contribution in [0.3, 0.4) is 0 Å². The van der Waals surface area contributed by atoms with Gasteiger partial charge in [0.1, 0.15) is 24.0 Å². The summed E-state index contributed by atoms with van der Waals surface area (Å²) in [5, 5.41) is 2.88. The molecule has 7 heteroatoms. The third-order valence-corrected chi connectivity index (χ3v) is 3.12. The fourth-order valence-corrected chi connectivity index (χ4v) is 2.07. The monoisotopic (exact) mass is 288 g/mol. The number of hydrogen-bond donors (Lipinski definition) is 1. The first-order chi connectivity index (χ1) is 9.43. The molecule has 0 saturated heterocycles. The molecule has 0 unspecified atom stereocenters. The molecular weight excluding hydrogens is 269 g/mol. The standard InChI is InChI=1S/C13H19F3N4/c1-3-4-10-18-11(17-2)7-12(19-10)20(9-5-6-9)8-13(14,15)16/h7,9H,3-6,8H2,1-2H3,(H,17,18,19). The number of alkyl halides is 3. The van der Waals surface area contributed by atoms with E-state index < -0.39 is 12.7 Å². The maximum absolute atomic E-state index is 12.7. The first-order valence-corrected chi connectivity index (χ1v) is 6.82. The first-order valence-electron chi connectivity index (χ1n) is 6.82. The van der Waals surface area contributed by atoms with Crippen LogP contribution in [0.4, 0.5) is 24.8 Å². The van der Waals surface area contributed by atoms with Gasteiger partial charge in [-0.2, -0.15) is 13.2 Å². The lowest BCUT2D eigenvalue weighted by atomic mass is 10.3. The van der Waals surface area contributed by atoms with Crippen LogP contribution in [-0.2, 0) is 6.42 Å². The molecule has 0 radical (unpaired) electrons. The van der Waals surface area contributed by atoms with Crippen LogP contribution in [0.15, 0.2) is 6.07 Å². The van der Waals surface area contributed by atoms with Gasteiger partial charge in [-0.1, -0.05) is 6.92 Å². The number of aromatic nitrogens is 2. The second-order valence-electron chi connectivity index (χ2n) is 5.00. The van der Waals surface area contributed by atoms with Gasteiger partial charge in [-0.25, -0.2) is 9.97 Å². The van der Waals surface area contributed by atoms with Gasteiger partial charge in [-0.05, 0) is 19.3 Å². The van der Waals surface area contributed by atoms with E-state index in [1.54, 1.807) is 13.1 Å². The number of anilines is 2. The molecule has 1 saturated carbocycles. The number of rotatable bonds is 6. The van der Waals surface area contributed by atoms with Gasteiger partial charge in [0.15, 0.2) is 0 Å². The highest BCUT2D eigenvalue weighted by Gasteiger charge is 2.39. The summed E-state index contributed by atoms with van der Waals surface area (Å²) in [4.78, 5) is 9.91. The van der Waals surface area contributed by atoms with E-state index in [0.29, 0.717) is 23.9 Å². The van der Waals surface area contributed by atoms with Crippen LogP contribution in [0.1, 0.15) is 32.0 Å². The number of hydrogen-bond acceptors (Lipinski definition) is 4. The maximum Gasteiger partial charge on any atom is 0.405 e. The third-order valence-electron chi connectivity index (χ3n) is 3.12. The topological polar surface area (TPSA) is 41.1 Å². The predicted molar refractivity (Wildman–Crippen MR) is 72.0 cm³/mol. The summed E-state index contributed by atoms with van der Waals surface area (Å²) in [7, 11) is 1.70. The van der Waals surface area contributed by atoms with Gasteiger partial charge in [0, 0.05) is 25.6 Å². The summed E-state index contributed by atoms with van der Waals surface area (Å²) in [6.07, 6.45) is -1.13. The smallest absolute Gasteiger partial charge is 0.373 e. The average Bonchev–Trinajstić information content (AvgIpc) is 3.19. The van der Waals surface area contributed by atoms with Gasteiger partial charge in [0.25, 0.3) is 0 Å². The summed E-state index contributed by atoms with van der Waals surface area (Å²) in [6, 6.07) is 1.54. The Morgan fingerprint density at radius 3 is 2.55 bits per heavy atom. The number of nitrogens with one attached hydrogen (secondary N) is 1. The summed E-state index contributed by atoms with van der Waals surface area (Å²) < 4.78 is 38.1. The SMILES string of the molecule is CCCc1nc(NC)cc(N(CC(F)(F)F)C2CC2)n1. The lowest BCUT2D eigenvalue weighted by Crippen LogP contribution is -2.36. The Bertz CT molecular complexity index is 457. The Labute approximate surface area is 116 Å². The second-order valence-corrected chi connectivity index (χ2v) is 5.00. The zero-order valence-corrected chi connectivity index (χ0v) is 11.7. The summed E-state index contributed by atoms with van der Waals surface area (Å²) in [5.41, 5.74) is 0. The Hall–Kier alpha value is -1.53. The molecular formula is C13H19F3N4. The van der Waals surface area contributed by atoms with Crippen LogP contribution >= 0.6 is 0 Å². The van der Waals surface area contributed by atoms with Gasteiger partial charge in [-0.15, -0.1) is 0 Å². The number of aryl methyl sites for hydroxylation is 1. The molecule has 0 bridgehead atoms. The van der Waals surface area contributed by atoms with Crippen LogP contribution in [0.25, 0.3) is 0 Å². The van der Waals surface area contributed by atoms with Crippen molar-refractivity contribution < 1.29 is 13.2 Å². The van der Waals surface area contributed by atoms with E-state index in [-0.39, 0.29) is 6.04 Å². The van der Waals surface area contributed by atoms with E-state index in [0.717, 1.165) is 19.3 Å². The largest absolute Gasteiger partial charge is 0.405 e. The van der Waals surface area contributed by atoms with Crippen molar-refractivity contribution in [2.24, 2.45) is 0 Å². The van der Waals surface area contributed by atoms with Crippen molar-refractivity contribution in [3.63, 3.8) is 0 Å². The van der Waals surface area contributed by atoms with Crippen molar-refractivity contribution in [3.8, 4) is 0 Å². The van der Waals surface area contributed by atoms with E-state index in [9.17, 15) is 13.2 Å². The van der Waals surface area contributed by atoms with Crippen molar-refractivity contribution in [2.75, 3.05) is 23.8 Å². The van der Waals surface area contributed by atoms with Crippen molar-refractivity contribution in [3.05, 3.63) is 11.9 Å². The molecule has 1 aliphatic rings. The lowest BCUT2D eigenvalue weighted by molar-refractivity contribution is -0.120. The highest BCUT2D eigenvalue weighted by molar-refractivity contribution is 5.51. The van der Waals surface area contributed by atoms with Gasteiger partial charge in [0.2, 0.25) is 0 Å². The van der Waals surface area contributed by atoms with Crippen LogP contribution in [-0.4, -0.2) is 35.8 Å². The molecule has 4 nitrogen and oxygen atoms in total. The normalized spacial score (nSPS) is 15.2. The van der Waals surface area contributed by atoms with Crippen LogP contribution in [0.5, 0.6) is 0 Å². The maximum atomic E-state index is 12.7. The zero-order chi connectivity index (χ0) is 14.8. The Kier molecular flexibility index (Phi) is 4.35. The molecule has 0 spiro atoms. The van der Waals surface area contributed by atoms with Crippen LogP contribution < -0.4 is 10.2 Å². The summed E-state index contributed by atoms with van der Waals surface area (Å²) in [6.45, 7) is 1.03. The predicted octanol–water partition coefficient (Wildman–Crippen LogP) is 3.00. The Morgan fingerprint density at radius 2 is 2.05 bits per heavy atom. The molecule has 0 atom stereocenters. The first kappa shape index (κ1) is 14.9. The van der Waals surface area contributed by atoms with E-state index in [1.807, 2.05) is 6.92 Å². The molecule has 1 aromatic rings. The molecule has 1 aliphatic carbocycles. The van der Waals surface area contributed by atoms with E-state index in [1.165, 1.54) is 4.90 Å². The van der Waals surface area contributed by atoms with Gasteiger partial charge in [0.05, 0.1) is 0 Å². The summed E-state index contributed by atoms with van der Waals surface area (Å²) >= 11 is 0. The Morgan fingerprint density at radius 1 is 1.35 bits per heavy atom. The molecule has 0 aliphatic heterocycles. The molecule has 1 fully saturated rings. The second kappa shape index (κ2) is 5.85.